The Morgan fingerprint density at radius 2 is 1.95 bits per heavy atom. The van der Waals surface area contributed by atoms with Gasteiger partial charge in [-0.3, -0.25) is 9.59 Å². The monoisotopic (exact) mass is 495 g/mol. The first-order valence-corrected chi connectivity index (χ1v) is 12.8. The molecule has 7 heteroatoms. The predicted molar refractivity (Wildman–Crippen MR) is 144 cm³/mol. The molecule has 0 bridgehead atoms. The van der Waals surface area contributed by atoms with Crippen molar-refractivity contribution in [1.82, 2.24) is 5.16 Å². The van der Waals surface area contributed by atoms with E-state index in [0.717, 1.165) is 47.5 Å². The Morgan fingerprint density at radius 3 is 2.76 bits per heavy atom. The topological polar surface area (TPSA) is 84.7 Å². The molecule has 1 aliphatic carbocycles. The lowest BCUT2D eigenvalue weighted by atomic mass is 9.86. The van der Waals surface area contributed by atoms with Gasteiger partial charge in [-0.25, -0.2) is 0 Å². The number of benzene rings is 3. The van der Waals surface area contributed by atoms with E-state index >= 15 is 0 Å². The molecule has 7 nitrogen and oxygen atoms in total. The first kappa shape index (κ1) is 23.3. The number of piperidine rings is 1. The van der Waals surface area contributed by atoms with E-state index in [-0.39, 0.29) is 17.7 Å². The van der Waals surface area contributed by atoms with Crippen molar-refractivity contribution in [1.29, 1.82) is 0 Å². The van der Waals surface area contributed by atoms with Crippen LogP contribution in [0, 0.1) is 19.8 Å². The molecule has 37 heavy (non-hydrogen) atoms. The number of fused-ring (bicyclic) bond motifs is 2. The van der Waals surface area contributed by atoms with Crippen molar-refractivity contribution >= 4 is 39.7 Å². The van der Waals surface area contributed by atoms with Crippen molar-refractivity contribution in [3.05, 3.63) is 70.8 Å². The zero-order valence-electron chi connectivity index (χ0n) is 21.3. The van der Waals surface area contributed by atoms with Crippen LogP contribution in [0.15, 0.2) is 53.1 Å². The van der Waals surface area contributed by atoms with Crippen molar-refractivity contribution in [3.8, 4) is 11.3 Å². The normalized spacial score (nSPS) is 16.6. The van der Waals surface area contributed by atoms with Gasteiger partial charge < -0.3 is 19.5 Å². The lowest BCUT2D eigenvalue weighted by Gasteiger charge is -2.34. The second-order valence-electron chi connectivity index (χ2n) is 9.91. The zero-order valence-corrected chi connectivity index (χ0v) is 21.3. The average Bonchev–Trinajstić information content (AvgIpc) is 3.35. The van der Waals surface area contributed by atoms with Crippen molar-refractivity contribution in [2.75, 3.05) is 29.9 Å². The van der Waals surface area contributed by atoms with E-state index in [1.54, 1.807) is 0 Å². The highest BCUT2D eigenvalue weighted by Crippen LogP contribution is 2.47. The second kappa shape index (κ2) is 9.07. The fourth-order valence-electron chi connectivity index (χ4n) is 5.55. The van der Waals surface area contributed by atoms with E-state index in [0.29, 0.717) is 46.6 Å². The fraction of sp³-hybridized carbons (Fsp3) is 0.300. The second-order valence-corrected chi connectivity index (χ2v) is 9.91. The van der Waals surface area contributed by atoms with Gasteiger partial charge in [0.1, 0.15) is 5.52 Å². The number of anilines is 3. The van der Waals surface area contributed by atoms with Crippen molar-refractivity contribution in [2.24, 2.45) is 5.92 Å². The Morgan fingerprint density at radius 1 is 1.14 bits per heavy atom. The molecule has 0 radical (unpaired) electrons. The molecule has 188 valence electrons. The summed E-state index contributed by atoms with van der Waals surface area (Å²) in [7, 11) is 0. The molecular formula is C30H29N3O4. The SMILES string of the molecule is CCOC(=O)C1CCCN(c2cc(Nc3cc(C)ccc3C)c3c4c(onc24)-c2ccccc2C3=O)C1. The summed E-state index contributed by atoms with van der Waals surface area (Å²) in [5.41, 5.74) is 7.26. The van der Waals surface area contributed by atoms with Gasteiger partial charge in [-0.2, -0.15) is 0 Å². The van der Waals surface area contributed by atoms with Gasteiger partial charge in [0.2, 0.25) is 0 Å². The Balaban J connectivity index is 1.54. The van der Waals surface area contributed by atoms with Gasteiger partial charge in [-0.15, -0.1) is 0 Å². The van der Waals surface area contributed by atoms with Crippen LogP contribution >= 0.6 is 0 Å². The van der Waals surface area contributed by atoms with Crippen LogP contribution in [0.1, 0.15) is 46.8 Å². The summed E-state index contributed by atoms with van der Waals surface area (Å²) in [6.45, 7) is 7.60. The summed E-state index contributed by atoms with van der Waals surface area (Å²) in [5, 5.41) is 8.75. The quantitative estimate of drug-likeness (QED) is 0.292. The molecule has 1 saturated heterocycles. The molecule has 1 unspecified atom stereocenters. The summed E-state index contributed by atoms with van der Waals surface area (Å²) in [4.78, 5) is 28.6. The van der Waals surface area contributed by atoms with E-state index in [1.165, 1.54) is 0 Å². The van der Waals surface area contributed by atoms with Crippen LogP contribution in [-0.2, 0) is 9.53 Å². The molecule has 1 aliphatic heterocycles. The summed E-state index contributed by atoms with van der Waals surface area (Å²) in [5.74, 6) is 0.170. The number of rotatable bonds is 5. The summed E-state index contributed by atoms with van der Waals surface area (Å²) in [6.07, 6.45) is 1.65. The molecule has 1 fully saturated rings. The number of esters is 1. The van der Waals surface area contributed by atoms with E-state index in [1.807, 2.05) is 51.1 Å². The Hall–Kier alpha value is -4.13. The molecule has 1 atom stereocenters. The minimum atomic E-state index is -0.208. The largest absolute Gasteiger partial charge is 0.466 e. The minimum Gasteiger partial charge on any atom is -0.466 e. The van der Waals surface area contributed by atoms with Crippen LogP contribution < -0.4 is 10.2 Å². The number of aryl methyl sites for hydroxylation is 2. The highest BCUT2D eigenvalue weighted by Gasteiger charge is 2.35. The van der Waals surface area contributed by atoms with Gasteiger partial charge >= 0.3 is 5.97 Å². The van der Waals surface area contributed by atoms with Crippen molar-refractivity contribution < 1.29 is 18.8 Å². The third-order valence-electron chi connectivity index (χ3n) is 7.42. The highest BCUT2D eigenvalue weighted by atomic mass is 16.5. The van der Waals surface area contributed by atoms with Crippen LogP contribution in [0.2, 0.25) is 0 Å². The molecular weight excluding hydrogens is 466 g/mol. The lowest BCUT2D eigenvalue weighted by molar-refractivity contribution is -0.148. The first-order chi connectivity index (χ1) is 18.0. The van der Waals surface area contributed by atoms with Crippen LogP contribution in [0.5, 0.6) is 0 Å². The molecule has 0 saturated carbocycles. The number of aromatic nitrogens is 1. The van der Waals surface area contributed by atoms with E-state index in [2.05, 4.69) is 33.6 Å². The number of ketones is 1. The lowest BCUT2D eigenvalue weighted by Crippen LogP contribution is -2.39. The number of nitrogens with zero attached hydrogens (tertiary/aromatic N) is 2. The number of hydrogen-bond acceptors (Lipinski definition) is 7. The van der Waals surface area contributed by atoms with E-state index in [9.17, 15) is 9.59 Å². The van der Waals surface area contributed by atoms with Gasteiger partial charge in [-0.1, -0.05) is 41.6 Å². The van der Waals surface area contributed by atoms with Gasteiger partial charge in [0, 0.05) is 29.9 Å². The molecule has 2 heterocycles. The van der Waals surface area contributed by atoms with E-state index < -0.39 is 0 Å². The van der Waals surface area contributed by atoms with Gasteiger partial charge in [0.05, 0.1) is 34.8 Å². The first-order valence-electron chi connectivity index (χ1n) is 12.8. The molecule has 4 aromatic rings. The van der Waals surface area contributed by atoms with E-state index in [4.69, 9.17) is 9.26 Å². The Bertz CT molecular complexity index is 1550. The maximum Gasteiger partial charge on any atom is 0.310 e. The van der Waals surface area contributed by atoms with Crippen molar-refractivity contribution in [3.63, 3.8) is 0 Å². The third-order valence-corrected chi connectivity index (χ3v) is 7.42. The van der Waals surface area contributed by atoms with Crippen LogP contribution in [0.4, 0.5) is 17.1 Å². The minimum absolute atomic E-state index is 0.0568. The Labute approximate surface area is 215 Å². The number of carbonyl (C=O) groups is 2. The highest BCUT2D eigenvalue weighted by molar-refractivity contribution is 6.28. The predicted octanol–water partition coefficient (Wildman–Crippen LogP) is 6.18. The average molecular weight is 496 g/mol. The number of ether oxygens (including phenoxy) is 1. The Kier molecular flexibility index (Phi) is 5.71. The van der Waals surface area contributed by atoms with Gasteiger partial charge in [0.15, 0.2) is 11.5 Å². The zero-order chi connectivity index (χ0) is 25.7. The molecule has 0 amide bonds. The number of nitrogens with one attached hydrogen (secondary N) is 1. The van der Waals surface area contributed by atoms with Crippen LogP contribution in [0.3, 0.4) is 0 Å². The van der Waals surface area contributed by atoms with Crippen LogP contribution in [0.25, 0.3) is 22.2 Å². The fourth-order valence-corrected chi connectivity index (χ4v) is 5.55. The summed E-state index contributed by atoms with van der Waals surface area (Å²) < 4.78 is 11.2. The molecule has 1 aromatic heterocycles. The summed E-state index contributed by atoms with van der Waals surface area (Å²) >= 11 is 0. The van der Waals surface area contributed by atoms with Gasteiger partial charge in [0.25, 0.3) is 0 Å². The summed E-state index contributed by atoms with van der Waals surface area (Å²) in [6, 6.07) is 15.7. The van der Waals surface area contributed by atoms with Gasteiger partial charge in [-0.05, 0) is 56.9 Å². The molecule has 0 spiro atoms. The third kappa shape index (κ3) is 3.86. The maximum absolute atomic E-state index is 13.9. The van der Waals surface area contributed by atoms with Crippen LogP contribution in [-0.4, -0.2) is 36.6 Å². The standard InChI is InChI=1S/C30H29N3O4/c1-4-36-30(35)19-8-7-13-33(16-19)24-15-23(31-22-14-17(2)11-12-18(22)3)25-26-27(24)32-37-29(26)21-10-6-5-9-20(21)28(25)34/h5-6,9-12,14-15,19,31H,4,7-8,13,16H2,1-3H3. The number of carbonyl (C=O) groups excluding carboxylic acids is 2. The maximum atomic E-state index is 13.9. The molecule has 1 N–H and O–H groups in total. The smallest absolute Gasteiger partial charge is 0.310 e. The van der Waals surface area contributed by atoms with Crippen molar-refractivity contribution in [2.45, 2.75) is 33.6 Å². The number of hydrogen-bond donors (Lipinski definition) is 1. The molecule has 2 aliphatic rings. The molecule has 6 rings (SSSR count). The molecule has 3 aromatic carbocycles.